The zero-order valence-corrected chi connectivity index (χ0v) is 28.8. The van der Waals surface area contributed by atoms with Crippen LogP contribution in [0, 0.1) is 0 Å². The number of nitrogens with zero attached hydrogens (tertiary/aromatic N) is 8. The number of fused-ring (bicyclic) bond motifs is 2. The summed E-state index contributed by atoms with van der Waals surface area (Å²) in [4.78, 5) is 17.9. The van der Waals surface area contributed by atoms with Gasteiger partial charge in [0.1, 0.15) is 11.6 Å². The second kappa shape index (κ2) is 13.5. The molecule has 1 aromatic carbocycles. The minimum Gasteiger partial charge on any atom is -0.366 e. The molecule has 48 heavy (non-hydrogen) atoms. The molecule has 0 radical (unpaired) electrons. The normalized spacial score (nSPS) is 12.9. The number of halogens is 1. The molecule has 7 aromatic rings. The van der Waals surface area contributed by atoms with Crippen LogP contribution < -0.4 is 10.6 Å². The lowest BCUT2D eigenvalue weighted by Crippen LogP contribution is -2.16. The molecule has 6 aromatic heterocycles. The Hall–Kier alpha value is -5.16. The van der Waals surface area contributed by atoms with E-state index in [1.54, 1.807) is 24.8 Å². The molecule has 0 atom stereocenters. The molecule has 2 N–H and O–H groups in total. The molecule has 0 spiro atoms. The standard InChI is InChI=1S/C21H19N5.C16H18BrN5/c1-2-6-17(7-3-1)19-11-20(23-13-15-5-4-10-22-12-15)26-21(25-19)18(14-24-26)16-8-9-16;1-16(2,3)13-8-14(19-9-11-4-6-18-7-5-11)22-15(21-13)12(17)10-20-22/h1-7,10-12,14,16,23H,8-9,13H2;4-8,10,19H,9H2,1-3H3. The van der Waals surface area contributed by atoms with Gasteiger partial charge in [-0.1, -0.05) is 57.2 Å². The van der Waals surface area contributed by atoms with Crippen molar-refractivity contribution in [2.45, 2.75) is 58.0 Å². The molecule has 8 rings (SSSR count). The Morgan fingerprint density at radius 1 is 0.729 bits per heavy atom. The minimum absolute atomic E-state index is 0.0292. The molecule has 6 heterocycles. The van der Waals surface area contributed by atoms with Crippen LogP contribution in [0.4, 0.5) is 11.6 Å². The molecular weight excluding hydrogens is 664 g/mol. The first-order chi connectivity index (χ1) is 23.3. The molecule has 0 bridgehead atoms. The van der Waals surface area contributed by atoms with E-state index in [9.17, 15) is 0 Å². The summed E-state index contributed by atoms with van der Waals surface area (Å²) in [7, 11) is 0. The first kappa shape index (κ1) is 31.4. The Balaban J connectivity index is 0.000000154. The van der Waals surface area contributed by atoms with Crippen molar-refractivity contribution in [2.75, 3.05) is 10.6 Å². The van der Waals surface area contributed by atoms with Gasteiger partial charge in [-0.3, -0.25) is 9.97 Å². The van der Waals surface area contributed by atoms with E-state index in [1.165, 1.54) is 24.0 Å². The van der Waals surface area contributed by atoms with Crippen LogP contribution in [0.5, 0.6) is 0 Å². The number of hydrogen-bond acceptors (Lipinski definition) is 8. The summed E-state index contributed by atoms with van der Waals surface area (Å²) in [5.74, 6) is 2.49. The van der Waals surface area contributed by atoms with Crippen LogP contribution in [0.15, 0.2) is 108 Å². The second-order valence-corrected chi connectivity index (χ2v) is 13.8. The lowest BCUT2D eigenvalue weighted by atomic mass is 9.92. The van der Waals surface area contributed by atoms with Crippen molar-refractivity contribution in [1.82, 2.24) is 39.2 Å². The van der Waals surface area contributed by atoms with E-state index in [1.807, 2.05) is 57.8 Å². The molecule has 10 nitrogen and oxygen atoms in total. The topological polar surface area (TPSA) is 110 Å². The Morgan fingerprint density at radius 3 is 2.15 bits per heavy atom. The van der Waals surface area contributed by atoms with Crippen molar-refractivity contribution < 1.29 is 0 Å². The maximum Gasteiger partial charge on any atom is 0.171 e. The highest BCUT2D eigenvalue weighted by molar-refractivity contribution is 9.10. The summed E-state index contributed by atoms with van der Waals surface area (Å²) in [5.41, 5.74) is 8.42. The summed E-state index contributed by atoms with van der Waals surface area (Å²) in [5, 5.41) is 15.9. The third kappa shape index (κ3) is 7.06. The quantitative estimate of drug-likeness (QED) is 0.164. The van der Waals surface area contributed by atoms with Crippen LogP contribution in [0.1, 0.15) is 61.9 Å². The molecular formula is C37H37BrN10. The van der Waals surface area contributed by atoms with Gasteiger partial charge in [0.2, 0.25) is 0 Å². The van der Waals surface area contributed by atoms with E-state index in [0.717, 1.165) is 49.9 Å². The fourth-order valence-electron chi connectivity index (χ4n) is 5.38. The van der Waals surface area contributed by atoms with Crippen LogP contribution in [-0.2, 0) is 18.5 Å². The molecule has 0 aliphatic heterocycles. The molecule has 1 saturated carbocycles. The van der Waals surface area contributed by atoms with Crippen molar-refractivity contribution in [3.8, 4) is 11.3 Å². The highest BCUT2D eigenvalue weighted by Crippen LogP contribution is 2.42. The number of benzene rings is 1. The Bertz CT molecular complexity index is 2130. The summed E-state index contributed by atoms with van der Waals surface area (Å²) >= 11 is 3.52. The van der Waals surface area contributed by atoms with Gasteiger partial charge in [-0.25, -0.2) is 9.97 Å². The first-order valence-electron chi connectivity index (χ1n) is 16.1. The number of rotatable bonds is 8. The van der Waals surface area contributed by atoms with Gasteiger partial charge in [-0.05, 0) is 64.0 Å². The first-order valence-corrected chi connectivity index (χ1v) is 16.9. The monoisotopic (exact) mass is 700 g/mol. The van der Waals surface area contributed by atoms with Gasteiger partial charge in [0.25, 0.3) is 0 Å². The SMILES string of the molecule is CC(C)(C)c1cc(NCc2ccncc2)n2ncc(Br)c2n1.c1ccc(-c2cc(NCc3cccnc3)n3ncc(C4CC4)c3n2)cc1. The van der Waals surface area contributed by atoms with E-state index in [0.29, 0.717) is 19.0 Å². The zero-order valence-electron chi connectivity index (χ0n) is 27.2. The van der Waals surface area contributed by atoms with Crippen LogP contribution in [0.25, 0.3) is 22.6 Å². The lowest BCUT2D eigenvalue weighted by Gasteiger charge is -2.19. The molecule has 1 aliphatic carbocycles. The van der Waals surface area contributed by atoms with Crippen LogP contribution in [-0.4, -0.2) is 39.2 Å². The number of aromatic nitrogens is 8. The summed E-state index contributed by atoms with van der Waals surface area (Å²) < 4.78 is 4.64. The molecule has 0 amide bonds. The number of pyridine rings is 2. The van der Waals surface area contributed by atoms with Crippen molar-refractivity contribution in [2.24, 2.45) is 0 Å². The molecule has 11 heteroatoms. The van der Waals surface area contributed by atoms with E-state index in [2.05, 4.69) is 97.8 Å². The average molecular weight is 702 g/mol. The predicted molar refractivity (Wildman–Crippen MR) is 193 cm³/mol. The minimum atomic E-state index is -0.0292. The van der Waals surface area contributed by atoms with Gasteiger partial charge in [-0.15, -0.1) is 0 Å². The fraction of sp³-hybridized carbons (Fsp3) is 0.243. The lowest BCUT2D eigenvalue weighted by molar-refractivity contribution is 0.568. The third-order valence-corrected chi connectivity index (χ3v) is 8.76. The van der Waals surface area contributed by atoms with Gasteiger partial charge in [0, 0.05) is 66.6 Å². The van der Waals surface area contributed by atoms with Gasteiger partial charge >= 0.3 is 0 Å². The fourth-order valence-corrected chi connectivity index (χ4v) is 5.73. The maximum atomic E-state index is 4.93. The van der Waals surface area contributed by atoms with Crippen LogP contribution >= 0.6 is 15.9 Å². The van der Waals surface area contributed by atoms with Crippen molar-refractivity contribution in [1.29, 1.82) is 0 Å². The number of nitrogens with one attached hydrogen (secondary N) is 2. The zero-order chi connectivity index (χ0) is 33.1. The van der Waals surface area contributed by atoms with E-state index in [4.69, 9.17) is 9.97 Å². The van der Waals surface area contributed by atoms with Crippen molar-refractivity contribution in [3.05, 3.63) is 131 Å². The number of anilines is 2. The van der Waals surface area contributed by atoms with Crippen molar-refractivity contribution >= 4 is 38.9 Å². The van der Waals surface area contributed by atoms with Crippen LogP contribution in [0.3, 0.4) is 0 Å². The molecule has 1 fully saturated rings. The van der Waals surface area contributed by atoms with E-state index in [-0.39, 0.29) is 5.41 Å². The van der Waals surface area contributed by atoms with Gasteiger partial charge in [0.15, 0.2) is 11.3 Å². The Morgan fingerprint density at radius 2 is 1.44 bits per heavy atom. The average Bonchev–Trinajstić information content (AvgIpc) is 3.76. The van der Waals surface area contributed by atoms with Gasteiger partial charge in [-0.2, -0.15) is 19.2 Å². The maximum absolute atomic E-state index is 4.93. The smallest absolute Gasteiger partial charge is 0.171 e. The second-order valence-electron chi connectivity index (χ2n) is 12.9. The number of hydrogen-bond donors (Lipinski definition) is 2. The van der Waals surface area contributed by atoms with Crippen molar-refractivity contribution in [3.63, 3.8) is 0 Å². The van der Waals surface area contributed by atoms with E-state index < -0.39 is 0 Å². The molecule has 1 aliphatic rings. The van der Waals surface area contributed by atoms with E-state index >= 15 is 0 Å². The predicted octanol–water partition coefficient (Wildman–Crippen LogP) is 8.08. The molecule has 0 unspecified atom stereocenters. The Labute approximate surface area is 287 Å². The largest absolute Gasteiger partial charge is 0.366 e. The highest BCUT2D eigenvalue weighted by atomic mass is 79.9. The highest BCUT2D eigenvalue weighted by Gasteiger charge is 2.28. The van der Waals surface area contributed by atoms with Gasteiger partial charge in [0.05, 0.1) is 28.3 Å². The summed E-state index contributed by atoms with van der Waals surface area (Å²) in [6.45, 7) is 7.87. The molecule has 0 saturated heterocycles. The summed E-state index contributed by atoms with van der Waals surface area (Å²) in [6.07, 6.45) is 13.5. The third-order valence-electron chi connectivity index (χ3n) is 8.20. The van der Waals surface area contributed by atoms with Crippen LogP contribution in [0.2, 0.25) is 0 Å². The van der Waals surface area contributed by atoms with Gasteiger partial charge < -0.3 is 10.6 Å². The Kier molecular flexibility index (Phi) is 8.86. The molecule has 242 valence electrons. The summed E-state index contributed by atoms with van der Waals surface area (Å²) in [6, 6.07) is 22.4.